The van der Waals surface area contributed by atoms with Gasteiger partial charge in [-0.3, -0.25) is 0 Å². The molecule has 0 saturated heterocycles. The van der Waals surface area contributed by atoms with E-state index in [0.29, 0.717) is 0 Å². The van der Waals surface area contributed by atoms with E-state index in [2.05, 4.69) is 5.92 Å². The van der Waals surface area contributed by atoms with Gasteiger partial charge in [0.25, 0.3) is 0 Å². The zero-order chi connectivity index (χ0) is 7.28. The summed E-state index contributed by atoms with van der Waals surface area (Å²) in [6.07, 6.45) is 4.25. The van der Waals surface area contributed by atoms with Crippen molar-refractivity contribution in [2.24, 2.45) is 0 Å². The highest BCUT2D eigenvalue weighted by Crippen LogP contribution is 1.89. The summed E-state index contributed by atoms with van der Waals surface area (Å²) in [7, 11) is 0. The van der Waals surface area contributed by atoms with Crippen molar-refractivity contribution in [3.05, 3.63) is 0 Å². The Bertz CT molecular complexity index is 102. The van der Waals surface area contributed by atoms with Crippen molar-refractivity contribution < 1.29 is 9.84 Å². The molecule has 0 spiro atoms. The normalized spacial score (nSPS) is 13.2. The minimum Gasteiger partial charge on any atom is -0.378 e. The van der Waals surface area contributed by atoms with Crippen LogP contribution in [0, 0.1) is 12.3 Å². The smallest absolute Gasteiger partial charge is 0.137 e. The summed E-state index contributed by atoms with van der Waals surface area (Å²) in [5.74, 6) is 2.15. The minimum absolute atomic E-state index is 0.132. The van der Waals surface area contributed by atoms with Gasteiger partial charge >= 0.3 is 0 Å². The molecule has 0 aromatic rings. The molecule has 1 atom stereocenters. The van der Waals surface area contributed by atoms with Gasteiger partial charge in [-0.1, -0.05) is 5.92 Å². The van der Waals surface area contributed by atoms with Crippen LogP contribution in [0.3, 0.4) is 0 Å². The second kappa shape index (κ2) is 4.37. The molecule has 9 heavy (non-hydrogen) atoms. The number of aliphatic hydroxyl groups is 1. The fourth-order valence-electron chi connectivity index (χ4n) is 0.332. The zero-order valence-corrected chi connectivity index (χ0v) is 5.79. The van der Waals surface area contributed by atoms with Crippen LogP contribution in [-0.2, 0) is 4.74 Å². The Balaban J connectivity index is 3.19. The Morgan fingerprint density at radius 3 is 2.56 bits per heavy atom. The molecule has 0 bridgehead atoms. The molecule has 0 amide bonds. The molecule has 0 rings (SSSR count). The number of rotatable bonds is 3. The second-order valence-corrected chi connectivity index (χ2v) is 2.06. The maximum Gasteiger partial charge on any atom is 0.137 e. The van der Waals surface area contributed by atoms with Gasteiger partial charge in [0, 0.05) is 0 Å². The lowest BCUT2D eigenvalue weighted by Crippen LogP contribution is -2.15. The van der Waals surface area contributed by atoms with Crippen molar-refractivity contribution in [1.29, 1.82) is 0 Å². The first-order valence-electron chi connectivity index (χ1n) is 2.92. The van der Waals surface area contributed by atoms with Crippen LogP contribution in [0.2, 0.25) is 0 Å². The second-order valence-electron chi connectivity index (χ2n) is 2.06. The van der Waals surface area contributed by atoms with E-state index in [1.807, 2.05) is 13.8 Å². The van der Waals surface area contributed by atoms with Gasteiger partial charge < -0.3 is 9.84 Å². The maximum absolute atomic E-state index is 8.75. The Morgan fingerprint density at radius 1 is 1.67 bits per heavy atom. The highest BCUT2D eigenvalue weighted by molar-refractivity contribution is 4.92. The number of terminal acetylenes is 1. The molecule has 1 unspecified atom stereocenters. The van der Waals surface area contributed by atoms with Crippen LogP contribution in [0.15, 0.2) is 0 Å². The third-order valence-electron chi connectivity index (χ3n) is 0.780. The lowest BCUT2D eigenvalue weighted by molar-refractivity contribution is 0.0273. The van der Waals surface area contributed by atoms with E-state index in [0.717, 1.165) is 0 Å². The number of hydrogen-bond acceptors (Lipinski definition) is 2. The monoisotopic (exact) mass is 128 g/mol. The summed E-state index contributed by atoms with van der Waals surface area (Å²) in [5.41, 5.74) is 0. The molecule has 0 fully saturated rings. The molecular formula is C7H12O2. The van der Waals surface area contributed by atoms with Crippen molar-refractivity contribution in [2.75, 3.05) is 6.61 Å². The van der Waals surface area contributed by atoms with E-state index in [9.17, 15) is 0 Å². The lowest BCUT2D eigenvalue weighted by atomic mass is 10.4. The van der Waals surface area contributed by atoms with E-state index < -0.39 is 6.10 Å². The van der Waals surface area contributed by atoms with Gasteiger partial charge in [0.1, 0.15) is 6.10 Å². The Labute approximate surface area is 55.8 Å². The Morgan fingerprint density at radius 2 is 2.22 bits per heavy atom. The first-order chi connectivity index (χ1) is 4.16. The van der Waals surface area contributed by atoms with Crippen LogP contribution < -0.4 is 0 Å². The standard InChI is InChI=1S/C7H12O2/c1-4-7(8)5-9-6(2)3/h1,6-8H,5H2,2-3H3. The average Bonchev–Trinajstić information content (AvgIpc) is 1.83. The quantitative estimate of drug-likeness (QED) is 0.558. The van der Waals surface area contributed by atoms with Gasteiger partial charge in [-0.15, -0.1) is 6.42 Å². The molecular weight excluding hydrogens is 116 g/mol. The molecule has 0 aliphatic carbocycles. The van der Waals surface area contributed by atoms with Gasteiger partial charge in [-0.2, -0.15) is 0 Å². The summed E-state index contributed by atoms with van der Waals surface area (Å²) in [6, 6.07) is 0. The zero-order valence-electron chi connectivity index (χ0n) is 5.79. The molecule has 0 saturated carbocycles. The van der Waals surface area contributed by atoms with Crippen LogP contribution in [0.25, 0.3) is 0 Å². The highest BCUT2D eigenvalue weighted by Gasteiger charge is 1.99. The van der Waals surface area contributed by atoms with Gasteiger partial charge in [0.15, 0.2) is 0 Å². The first-order valence-corrected chi connectivity index (χ1v) is 2.92. The van der Waals surface area contributed by atoms with Crippen LogP contribution in [-0.4, -0.2) is 23.9 Å². The topological polar surface area (TPSA) is 29.5 Å². The minimum atomic E-state index is -0.757. The molecule has 0 aromatic carbocycles. The summed E-state index contributed by atoms with van der Waals surface area (Å²) in [4.78, 5) is 0. The summed E-state index contributed by atoms with van der Waals surface area (Å²) < 4.78 is 5.00. The Hall–Kier alpha value is -0.520. The molecule has 1 N–H and O–H groups in total. The van der Waals surface area contributed by atoms with E-state index >= 15 is 0 Å². The molecule has 0 aromatic heterocycles. The van der Waals surface area contributed by atoms with Crippen molar-refractivity contribution in [1.82, 2.24) is 0 Å². The fourth-order valence-corrected chi connectivity index (χ4v) is 0.332. The van der Waals surface area contributed by atoms with E-state index in [1.165, 1.54) is 0 Å². The van der Waals surface area contributed by atoms with E-state index in [1.54, 1.807) is 0 Å². The summed E-state index contributed by atoms with van der Waals surface area (Å²) in [6.45, 7) is 4.01. The maximum atomic E-state index is 8.75. The van der Waals surface area contributed by atoms with Gasteiger partial charge in [0.05, 0.1) is 12.7 Å². The van der Waals surface area contributed by atoms with Crippen LogP contribution in [0.4, 0.5) is 0 Å². The van der Waals surface area contributed by atoms with Crippen LogP contribution in [0.1, 0.15) is 13.8 Å². The number of hydrogen-bond donors (Lipinski definition) is 1. The number of aliphatic hydroxyl groups excluding tert-OH is 1. The largest absolute Gasteiger partial charge is 0.378 e. The van der Waals surface area contributed by atoms with Gasteiger partial charge in [0.2, 0.25) is 0 Å². The SMILES string of the molecule is C#CC(O)COC(C)C. The van der Waals surface area contributed by atoms with Crippen molar-refractivity contribution in [3.63, 3.8) is 0 Å². The molecule has 0 heterocycles. The third kappa shape index (κ3) is 5.35. The predicted molar refractivity (Wildman–Crippen MR) is 35.9 cm³/mol. The average molecular weight is 128 g/mol. The number of ether oxygens (including phenoxy) is 1. The molecule has 2 heteroatoms. The van der Waals surface area contributed by atoms with E-state index in [-0.39, 0.29) is 12.7 Å². The molecule has 52 valence electrons. The van der Waals surface area contributed by atoms with E-state index in [4.69, 9.17) is 16.3 Å². The predicted octanol–water partition coefficient (Wildman–Crippen LogP) is 0.405. The third-order valence-corrected chi connectivity index (χ3v) is 0.780. The van der Waals surface area contributed by atoms with Crippen molar-refractivity contribution in [3.8, 4) is 12.3 Å². The lowest BCUT2D eigenvalue weighted by Gasteiger charge is -2.07. The molecule has 0 aliphatic heterocycles. The van der Waals surface area contributed by atoms with Crippen molar-refractivity contribution in [2.45, 2.75) is 26.1 Å². The fraction of sp³-hybridized carbons (Fsp3) is 0.714. The highest BCUT2D eigenvalue weighted by atomic mass is 16.5. The van der Waals surface area contributed by atoms with Gasteiger partial charge in [-0.05, 0) is 13.8 Å². The van der Waals surface area contributed by atoms with Crippen LogP contribution >= 0.6 is 0 Å². The molecule has 0 aliphatic rings. The summed E-state index contributed by atoms with van der Waals surface area (Å²) >= 11 is 0. The van der Waals surface area contributed by atoms with Crippen LogP contribution in [0.5, 0.6) is 0 Å². The Kier molecular flexibility index (Phi) is 4.12. The molecule has 2 nitrogen and oxygen atoms in total. The first kappa shape index (κ1) is 8.48. The molecule has 0 radical (unpaired) electrons. The summed E-state index contributed by atoms with van der Waals surface area (Å²) in [5, 5.41) is 8.75. The van der Waals surface area contributed by atoms with Crippen molar-refractivity contribution >= 4 is 0 Å². The van der Waals surface area contributed by atoms with Gasteiger partial charge in [-0.25, -0.2) is 0 Å².